The maximum absolute atomic E-state index is 12.0. The van der Waals surface area contributed by atoms with E-state index < -0.39 is 0 Å². The molecule has 1 amide bonds. The Morgan fingerprint density at radius 1 is 1.30 bits per heavy atom. The molecular weight excluding hydrogens is 294 g/mol. The van der Waals surface area contributed by atoms with Crippen LogP contribution in [0.15, 0.2) is 47.2 Å². The smallest absolute Gasteiger partial charge is 0.273 e. The van der Waals surface area contributed by atoms with Gasteiger partial charge in [-0.05, 0) is 12.1 Å². The number of hydrogen-bond acceptors (Lipinski definition) is 5. The molecule has 0 atom stereocenters. The lowest BCUT2D eigenvalue weighted by atomic mass is 10.1. The van der Waals surface area contributed by atoms with Crippen molar-refractivity contribution in [3.05, 3.63) is 60.0 Å². The van der Waals surface area contributed by atoms with Crippen LogP contribution < -0.4 is 5.32 Å². The Kier molecular flexibility index (Phi) is 4.18. The number of benzene rings is 1. The van der Waals surface area contributed by atoms with Crippen molar-refractivity contribution in [1.29, 1.82) is 0 Å². The van der Waals surface area contributed by atoms with E-state index in [1.165, 1.54) is 0 Å². The average Bonchev–Trinajstić information content (AvgIpc) is 3.23. The van der Waals surface area contributed by atoms with Crippen molar-refractivity contribution in [2.24, 2.45) is 0 Å². The van der Waals surface area contributed by atoms with E-state index >= 15 is 0 Å². The predicted molar refractivity (Wildman–Crippen MR) is 83.1 cm³/mol. The average molecular weight is 311 g/mol. The lowest BCUT2D eigenvalue weighted by molar-refractivity contribution is 0.0940. The van der Waals surface area contributed by atoms with Crippen LogP contribution in [0.4, 0.5) is 0 Å². The molecule has 0 aliphatic rings. The molecule has 7 heteroatoms. The maximum atomic E-state index is 12.0. The highest BCUT2D eigenvalue weighted by atomic mass is 16.5. The van der Waals surface area contributed by atoms with Crippen molar-refractivity contribution in [3.63, 3.8) is 0 Å². The molecule has 1 N–H and O–H groups in total. The molecule has 7 nitrogen and oxygen atoms in total. The fourth-order valence-corrected chi connectivity index (χ4v) is 2.00. The first-order chi connectivity index (χ1) is 11.1. The van der Waals surface area contributed by atoms with Gasteiger partial charge in [-0.25, -0.2) is 9.67 Å². The van der Waals surface area contributed by atoms with Gasteiger partial charge in [0.25, 0.3) is 5.91 Å². The van der Waals surface area contributed by atoms with Crippen LogP contribution in [0.25, 0.3) is 5.69 Å². The molecular formula is C16H17N5O2. The Morgan fingerprint density at radius 2 is 2.09 bits per heavy atom. The molecule has 0 fully saturated rings. The molecule has 0 saturated carbocycles. The van der Waals surface area contributed by atoms with E-state index in [0.29, 0.717) is 11.6 Å². The number of amides is 1. The fourth-order valence-electron chi connectivity index (χ4n) is 2.00. The SMILES string of the molecule is CC(C)c1cc(C(=O)NCc2ncn(-c3ccccc3)n2)no1. The molecule has 0 bridgehead atoms. The quantitative estimate of drug-likeness (QED) is 0.781. The van der Waals surface area contributed by atoms with Crippen LogP contribution in [-0.4, -0.2) is 25.8 Å². The van der Waals surface area contributed by atoms with Gasteiger partial charge in [-0.2, -0.15) is 0 Å². The second kappa shape index (κ2) is 6.43. The fraction of sp³-hybridized carbons (Fsp3) is 0.250. The van der Waals surface area contributed by atoms with Gasteiger partial charge in [0, 0.05) is 12.0 Å². The van der Waals surface area contributed by atoms with E-state index in [4.69, 9.17) is 4.52 Å². The first-order valence-electron chi connectivity index (χ1n) is 7.34. The van der Waals surface area contributed by atoms with Crippen LogP contribution in [0, 0.1) is 0 Å². The minimum Gasteiger partial charge on any atom is -0.360 e. The number of nitrogens with one attached hydrogen (secondary N) is 1. The van der Waals surface area contributed by atoms with Crippen LogP contribution in [-0.2, 0) is 6.54 Å². The van der Waals surface area contributed by atoms with E-state index in [-0.39, 0.29) is 24.1 Å². The third-order valence-electron chi connectivity index (χ3n) is 3.30. The van der Waals surface area contributed by atoms with Gasteiger partial charge in [-0.3, -0.25) is 4.79 Å². The number of rotatable bonds is 5. The van der Waals surface area contributed by atoms with Gasteiger partial charge in [-0.1, -0.05) is 37.2 Å². The zero-order valence-corrected chi connectivity index (χ0v) is 12.9. The minimum absolute atomic E-state index is 0.187. The number of nitrogens with zero attached hydrogens (tertiary/aromatic N) is 4. The highest BCUT2D eigenvalue weighted by Crippen LogP contribution is 2.14. The molecule has 3 aromatic rings. The lowest BCUT2D eigenvalue weighted by Crippen LogP contribution is -2.23. The molecule has 2 aromatic heterocycles. The molecule has 0 saturated heterocycles. The van der Waals surface area contributed by atoms with E-state index in [1.807, 2.05) is 44.2 Å². The van der Waals surface area contributed by atoms with Crippen LogP contribution in [0.5, 0.6) is 0 Å². The van der Waals surface area contributed by atoms with Crippen molar-refractivity contribution < 1.29 is 9.32 Å². The molecule has 0 aliphatic heterocycles. The summed E-state index contributed by atoms with van der Waals surface area (Å²) in [5, 5.41) is 10.8. The monoisotopic (exact) mass is 311 g/mol. The molecule has 0 spiro atoms. The molecule has 23 heavy (non-hydrogen) atoms. The third kappa shape index (κ3) is 3.45. The molecule has 0 unspecified atom stereocenters. The summed E-state index contributed by atoms with van der Waals surface area (Å²) in [4.78, 5) is 16.2. The molecule has 2 heterocycles. The van der Waals surface area contributed by atoms with Gasteiger partial charge < -0.3 is 9.84 Å². The summed E-state index contributed by atoms with van der Waals surface area (Å²) in [6, 6.07) is 11.3. The van der Waals surface area contributed by atoms with Crippen molar-refractivity contribution >= 4 is 5.91 Å². The third-order valence-corrected chi connectivity index (χ3v) is 3.30. The second-order valence-electron chi connectivity index (χ2n) is 5.39. The van der Waals surface area contributed by atoms with E-state index in [9.17, 15) is 4.79 Å². The second-order valence-corrected chi connectivity index (χ2v) is 5.39. The number of para-hydroxylation sites is 1. The summed E-state index contributed by atoms with van der Waals surface area (Å²) in [6.45, 7) is 4.17. The highest BCUT2D eigenvalue weighted by Gasteiger charge is 2.14. The topological polar surface area (TPSA) is 85.8 Å². The summed E-state index contributed by atoms with van der Waals surface area (Å²) in [5.74, 6) is 1.08. The number of carbonyl (C=O) groups excluding carboxylic acids is 1. The first-order valence-corrected chi connectivity index (χ1v) is 7.34. The number of carbonyl (C=O) groups is 1. The van der Waals surface area contributed by atoms with E-state index in [2.05, 4.69) is 20.6 Å². The van der Waals surface area contributed by atoms with Gasteiger partial charge in [0.2, 0.25) is 0 Å². The van der Waals surface area contributed by atoms with Crippen LogP contribution in [0.3, 0.4) is 0 Å². The van der Waals surface area contributed by atoms with Gasteiger partial charge in [0.05, 0.1) is 12.2 Å². The van der Waals surface area contributed by atoms with Crippen molar-refractivity contribution in [3.8, 4) is 5.69 Å². The standard InChI is InChI=1S/C16H17N5O2/c1-11(2)14-8-13(20-23-14)16(22)17-9-15-18-10-21(19-15)12-6-4-3-5-7-12/h3-8,10-11H,9H2,1-2H3,(H,17,22). The predicted octanol–water partition coefficient (Wildman–Crippen LogP) is 2.31. The van der Waals surface area contributed by atoms with Crippen LogP contribution in [0.2, 0.25) is 0 Å². The lowest BCUT2D eigenvalue weighted by Gasteiger charge is -2.00. The van der Waals surface area contributed by atoms with E-state index in [1.54, 1.807) is 17.1 Å². The maximum Gasteiger partial charge on any atom is 0.273 e. The summed E-state index contributed by atoms with van der Waals surface area (Å²) < 4.78 is 6.78. The van der Waals surface area contributed by atoms with Crippen molar-refractivity contribution in [2.75, 3.05) is 0 Å². The Bertz CT molecular complexity index is 792. The summed E-state index contributed by atoms with van der Waals surface area (Å²) in [6.07, 6.45) is 1.61. The van der Waals surface area contributed by atoms with Gasteiger partial charge in [0.15, 0.2) is 11.5 Å². The summed E-state index contributed by atoms with van der Waals surface area (Å²) in [7, 11) is 0. The zero-order chi connectivity index (χ0) is 16.2. The van der Waals surface area contributed by atoms with E-state index in [0.717, 1.165) is 5.69 Å². The largest absolute Gasteiger partial charge is 0.360 e. The van der Waals surface area contributed by atoms with Gasteiger partial charge in [0.1, 0.15) is 12.1 Å². The first kappa shape index (κ1) is 15.0. The molecule has 1 aromatic carbocycles. The number of aromatic nitrogens is 4. The molecule has 0 aliphatic carbocycles. The molecule has 118 valence electrons. The van der Waals surface area contributed by atoms with Crippen molar-refractivity contribution in [1.82, 2.24) is 25.2 Å². The zero-order valence-electron chi connectivity index (χ0n) is 12.9. The van der Waals surface area contributed by atoms with Gasteiger partial charge >= 0.3 is 0 Å². The Labute approximate surface area is 133 Å². The Balaban J connectivity index is 1.62. The normalized spacial score (nSPS) is 10.9. The van der Waals surface area contributed by atoms with Crippen LogP contribution in [0.1, 0.15) is 41.8 Å². The Morgan fingerprint density at radius 3 is 2.78 bits per heavy atom. The number of hydrogen-bond donors (Lipinski definition) is 1. The molecule has 3 rings (SSSR count). The molecule has 0 radical (unpaired) electrons. The highest BCUT2D eigenvalue weighted by molar-refractivity contribution is 5.92. The van der Waals surface area contributed by atoms with Crippen molar-refractivity contribution in [2.45, 2.75) is 26.3 Å². The Hall–Kier alpha value is -2.96. The van der Waals surface area contributed by atoms with Gasteiger partial charge in [-0.15, -0.1) is 5.10 Å². The van der Waals surface area contributed by atoms with Crippen LogP contribution >= 0.6 is 0 Å². The minimum atomic E-state index is -0.309. The summed E-state index contributed by atoms with van der Waals surface area (Å²) in [5.41, 5.74) is 1.17. The summed E-state index contributed by atoms with van der Waals surface area (Å²) >= 11 is 0.